The quantitative estimate of drug-likeness (QED) is 0.529. The molecule has 2 unspecified atom stereocenters. The van der Waals surface area contributed by atoms with Gasteiger partial charge < -0.3 is 19.3 Å². The second-order valence-electron chi connectivity index (χ2n) is 6.47. The Balaban J connectivity index is 2.53. The number of hydrogen-bond acceptors (Lipinski definition) is 4. The van der Waals surface area contributed by atoms with Crippen LogP contribution in [0.2, 0.25) is 0 Å². The third-order valence-electron chi connectivity index (χ3n) is 4.75. The topological polar surface area (TPSA) is 47.9 Å². The minimum Gasteiger partial charge on any atom is -0.493 e. The number of ether oxygens (including phenoxy) is 3. The van der Waals surface area contributed by atoms with Crippen molar-refractivity contribution in [3.05, 3.63) is 53.1 Å². The van der Waals surface area contributed by atoms with Crippen molar-refractivity contribution in [1.82, 2.24) is 0 Å². The van der Waals surface area contributed by atoms with Crippen molar-refractivity contribution in [2.75, 3.05) is 21.0 Å². The van der Waals surface area contributed by atoms with Crippen molar-refractivity contribution < 1.29 is 19.3 Å². The monoisotopic (exact) mass is 376 g/mol. The van der Waals surface area contributed by atoms with E-state index >= 15 is 0 Å². The Kier molecular flexibility index (Phi) is 7.45. The molecule has 0 radical (unpaired) electrons. The third-order valence-corrected chi connectivity index (χ3v) is 6.89. The van der Waals surface area contributed by atoms with Crippen molar-refractivity contribution in [1.29, 1.82) is 0 Å². The van der Waals surface area contributed by atoms with E-state index in [-0.39, 0.29) is 18.6 Å². The van der Waals surface area contributed by atoms with Crippen LogP contribution in [0.4, 0.5) is 0 Å². The van der Waals surface area contributed by atoms with Gasteiger partial charge in [-0.3, -0.25) is 0 Å². The molecule has 0 saturated heterocycles. The Morgan fingerprint density at radius 2 is 1.85 bits per heavy atom. The summed E-state index contributed by atoms with van der Waals surface area (Å²) in [5.74, 6) is 1.43. The third kappa shape index (κ3) is 4.37. The van der Waals surface area contributed by atoms with Gasteiger partial charge in [0.25, 0.3) is 0 Å². The van der Waals surface area contributed by atoms with Gasteiger partial charge in [-0.15, -0.1) is 0 Å². The van der Waals surface area contributed by atoms with E-state index in [2.05, 4.69) is 32.9 Å². The number of hydrogen-bond donors (Lipinski definition) is 1. The SMILES string of the molecule is CCC(C)(Pc1c(C)cccc1CO)c1cccc(OC)c1OCOC. The minimum absolute atomic E-state index is 0.0505. The van der Waals surface area contributed by atoms with Gasteiger partial charge >= 0.3 is 0 Å². The summed E-state index contributed by atoms with van der Waals surface area (Å²) in [5.41, 5.74) is 3.30. The molecule has 5 heteroatoms. The number of aliphatic hydroxyl groups is 1. The van der Waals surface area contributed by atoms with E-state index in [9.17, 15) is 5.11 Å². The average molecular weight is 376 g/mol. The molecule has 0 aromatic heterocycles. The molecule has 26 heavy (non-hydrogen) atoms. The van der Waals surface area contributed by atoms with Crippen molar-refractivity contribution in [3.8, 4) is 11.5 Å². The molecule has 0 aliphatic heterocycles. The van der Waals surface area contributed by atoms with Crippen molar-refractivity contribution in [3.63, 3.8) is 0 Å². The summed E-state index contributed by atoms with van der Waals surface area (Å²) in [6, 6.07) is 12.1. The van der Waals surface area contributed by atoms with Crippen LogP contribution in [0, 0.1) is 6.92 Å². The van der Waals surface area contributed by atoms with Gasteiger partial charge in [0.1, 0.15) is 0 Å². The molecule has 0 fully saturated rings. The van der Waals surface area contributed by atoms with Crippen LogP contribution in [-0.2, 0) is 16.5 Å². The smallest absolute Gasteiger partial charge is 0.188 e. The zero-order chi connectivity index (χ0) is 19.2. The van der Waals surface area contributed by atoms with Crippen molar-refractivity contribution in [2.24, 2.45) is 0 Å². The highest BCUT2D eigenvalue weighted by Gasteiger charge is 2.31. The fourth-order valence-corrected chi connectivity index (χ4v) is 4.70. The molecular formula is C21H29O4P. The number of aliphatic hydroxyl groups excluding tert-OH is 1. The lowest BCUT2D eigenvalue weighted by Gasteiger charge is -2.32. The fourth-order valence-electron chi connectivity index (χ4n) is 3.04. The van der Waals surface area contributed by atoms with Crippen LogP contribution in [0.3, 0.4) is 0 Å². The Labute approximate surface area is 158 Å². The van der Waals surface area contributed by atoms with Gasteiger partial charge in [0, 0.05) is 17.8 Å². The molecule has 0 saturated carbocycles. The predicted octanol–water partition coefficient (Wildman–Crippen LogP) is 4.11. The number of methoxy groups -OCH3 is 2. The fraction of sp³-hybridized carbons (Fsp3) is 0.429. The summed E-state index contributed by atoms with van der Waals surface area (Å²) < 4.78 is 16.5. The first-order chi connectivity index (χ1) is 12.5. The molecule has 0 bridgehead atoms. The second-order valence-corrected chi connectivity index (χ2v) is 8.32. The Hall–Kier alpha value is -1.61. The van der Waals surface area contributed by atoms with Gasteiger partial charge in [0.2, 0.25) is 0 Å². The van der Waals surface area contributed by atoms with Gasteiger partial charge in [0.15, 0.2) is 18.3 Å². The molecule has 0 spiro atoms. The van der Waals surface area contributed by atoms with Crippen LogP contribution in [0.1, 0.15) is 37.0 Å². The van der Waals surface area contributed by atoms with Gasteiger partial charge in [0.05, 0.1) is 13.7 Å². The lowest BCUT2D eigenvalue weighted by Crippen LogP contribution is -2.23. The first-order valence-corrected chi connectivity index (χ1v) is 9.77. The number of benzene rings is 2. The first-order valence-electron chi connectivity index (χ1n) is 8.77. The van der Waals surface area contributed by atoms with E-state index in [4.69, 9.17) is 14.2 Å². The van der Waals surface area contributed by atoms with Crippen LogP contribution in [0.5, 0.6) is 11.5 Å². The Morgan fingerprint density at radius 3 is 2.46 bits per heavy atom. The highest BCUT2D eigenvalue weighted by Crippen LogP contribution is 2.50. The molecule has 2 aromatic rings. The maximum Gasteiger partial charge on any atom is 0.188 e. The summed E-state index contributed by atoms with van der Waals surface area (Å²) in [5, 5.41) is 10.9. The van der Waals surface area contributed by atoms with Gasteiger partial charge in [-0.05, 0) is 35.8 Å². The van der Waals surface area contributed by atoms with Gasteiger partial charge in [-0.25, -0.2) is 0 Å². The molecule has 142 valence electrons. The summed E-state index contributed by atoms with van der Waals surface area (Å²) in [6.45, 7) is 6.75. The number of rotatable bonds is 9. The van der Waals surface area contributed by atoms with E-state index in [1.807, 2.05) is 24.3 Å². The molecule has 2 rings (SSSR count). The summed E-state index contributed by atoms with van der Waals surface area (Å²) in [7, 11) is 3.75. The predicted molar refractivity (Wildman–Crippen MR) is 108 cm³/mol. The Morgan fingerprint density at radius 1 is 1.12 bits per heavy atom. The van der Waals surface area contributed by atoms with E-state index in [0.29, 0.717) is 14.3 Å². The van der Waals surface area contributed by atoms with Crippen LogP contribution in [0.15, 0.2) is 36.4 Å². The highest BCUT2D eigenvalue weighted by atomic mass is 31.1. The van der Waals surface area contributed by atoms with E-state index in [1.165, 1.54) is 10.9 Å². The molecular weight excluding hydrogens is 347 g/mol. The van der Waals surface area contributed by atoms with E-state index < -0.39 is 0 Å². The second kappa shape index (κ2) is 9.36. The van der Waals surface area contributed by atoms with Crippen molar-refractivity contribution in [2.45, 2.75) is 39.0 Å². The molecule has 0 aliphatic carbocycles. The standard InChI is InChI=1S/C21H29O4P/c1-6-21(3,26-20-15(2)9-7-10-16(20)13-22)17-11-8-12-18(24-5)19(17)25-14-23-4/h7-12,22,26H,6,13-14H2,1-5H3. The Bertz CT molecular complexity index is 732. The summed E-state index contributed by atoms with van der Waals surface area (Å²) in [4.78, 5) is 0. The van der Waals surface area contributed by atoms with Gasteiger partial charge in [-0.1, -0.05) is 52.8 Å². The van der Waals surface area contributed by atoms with Crippen molar-refractivity contribution >= 4 is 13.9 Å². The summed E-state index contributed by atoms with van der Waals surface area (Å²) in [6.07, 6.45) is 0.932. The zero-order valence-electron chi connectivity index (χ0n) is 16.3. The van der Waals surface area contributed by atoms with Crippen LogP contribution < -0.4 is 14.8 Å². The number of aryl methyl sites for hydroxylation is 1. The largest absolute Gasteiger partial charge is 0.493 e. The molecule has 2 atom stereocenters. The molecule has 0 amide bonds. The lowest BCUT2D eigenvalue weighted by atomic mass is 9.96. The van der Waals surface area contributed by atoms with Gasteiger partial charge in [-0.2, -0.15) is 0 Å². The molecule has 0 heterocycles. The van der Waals surface area contributed by atoms with E-state index in [1.54, 1.807) is 14.2 Å². The van der Waals surface area contributed by atoms with Crippen LogP contribution >= 0.6 is 8.58 Å². The maximum absolute atomic E-state index is 9.78. The van der Waals surface area contributed by atoms with Crippen LogP contribution in [0.25, 0.3) is 0 Å². The molecule has 1 N–H and O–H groups in total. The summed E-state index contributed by atoms with van der Waals surface area (Å²) >= 11 is 0. The molecule has 4 nitrogen and oxygen atoms in total. The number of para-hydroxylation sites is 1. The average Bonchev–Trinajstić information content (AvgIpc) is 2.67. The first kappa shape index (κ1) is 20.7. The molecule has 2 aromatic carbocycles. The van der Waals surface area contributed by atoms with Crippen LogP contribution in [-0.4, -0.2) is 26.1 Å². The normalized spacial score (nSPS) is 13.8. The minimum atomic E-state index is -0.145. The van der Waals surface area contributed by atoms with E-state index in [0.717, 1.165) is 23.3 Å². The lowest BCUT2D eigenvalue weighted by molar-refractivity contribution is 0.0480. The zero-order valence-corrected chi connectivity index (χ0v) is 17.3. The maximum atomic E-state index is 9.78. The highest BCUT2D eigenvalue weighted by molar-refractivity contribution is 7.48. The molecule has 0 aliphatic rings.